The van der Waals surface area contributed by atoms with E-state index in [4.69, 9.17) is 0 Å². The zero-order chi connectivity index (χ0) is 15.7. The second-order valence-electron chi connectivity index (χ2n) is 5.40. The predicted molar refractivity (Wildman–Crippen MR) is 73.9 cm³/mol. The number of aliphatic carboxylic acids is 1. The molecule has 0 radical (unpaired) electrons. The number of hydrogen-bond donors (Lipinski definition) is 2. The number of nitro groups is 1. The van der Waals surface area contributed by atoms with Crippen LogP contribution in [0.1, 0.15) is 37.4 Å². The Morgan fingerprint density at radius 3 is 2.25 bits per heavy atom. The lowest BCUT2D eigenvalue weighted by Crippen LogP contribution is -2.56. The Balaban J connectivity index is 2.94. The molecule has 0 atom stereocenters. The Morgan fingerprint density at radius 1 is 1.30 bits per heavy atom. The SMILES string of the molecule is CC(C)(NC(=O)c1ccc([N+](=O)[O-])s1)C(C)(C)C(=O)O. The fraction of sp³-hybridized carbons (Fsp3) is 0.500. The van der Waals surface area contributed by atoms with Gasteiger partial charge in [0, 0.05) is 6.07 Å². The van der Waals surface area contributed by atoms with Gasteiger partial charge in [0.05, 0.1) is 20.8 Å². The van der Waals surface area contributed by atoms with Gasteiger partial charge in [-0.05, 0) is 33.8 Å². The maximum absolute atomic E-state index is 12.0. The number of thiophene rings is 1. The molecule has 1 aromatic heterocycles. The summed E-state index contributed by atoms with van der Waals surface area (Å²) in [5.41, 5.74) is -2.21. The summed E-state index contributed by atoms with van der Waals surface area (Å²) in [5.74, 6) is -1.57. The number of hydrogen-bond acceptors (Lipinski definition) is 5. The average molecular weight is 300 g/mol. The highest BCUT2D eigenvalue weighted by Gasteiger charge is 2.44. The molecule has 0 aliphatic heterocycles. The molecule has 0 aliphatic rings. The van der Waals surface area contributed by atoms with Crippen molar-refractivity contribution in [1.82, 2.24) is 5.32 Å². The topological polar surface area (TPSA) is 110 Å². The summed E-state index contributed by atoms with van der Waals surface area (Å²) in [5, 5.41) is 22.3. The van der Waals surface area contributed by atoms with Crippen molar-refractivity contribution in [3.05, 3.63) is 27.1 Å². The quantitative estimate of drug-likeness (QED) is 0.640. The first-order chi connectivity index (χ1) is 8.99. The van der Waals surface area contributed by atoms with Crippen molar-refractivity contribution >= 4 is 28.2 Å². The minimum Gasteiger partial charge on any atom is -0.481 e. The van der Waals surface area contributed by atoms with E-state index in [1.165, 1.54) is 26.0 Å². The third kappa shape index (κ3) is 2.96. The Kier molecular flexibility index (Phi) is 4.18. The van der Waals surface area contributed by atoms with Crippen molar-refractivity contribution < 1.29 is 19.6 Å². The Labute approximate surface area is 119 Å². The van der Waals surface area contributed by atoms with E-state index in [0.29, 0.717) is 0 Å². The number of carbonyl (C=O) groups excluding carboxylic acids is 1. The highest BCUT2D eigenvalue weighted by atomic mass is 32.1. The zero-order valence-electron chi connectivity index (χ0n) is 11.6. The van der Waals surface area contributed by atoms with Crippen molar-refractivity contribution in [2.75, 3.05) is 0 Å². The lowest BCUT2D eigenvalue weighted by Gasteiger charge is -2.38. The number of rotatable bonds is 5. The van der Waals surface area contributed by atoms with Gasteiger partial charge in [-0.15, -0.1) is 0 Å². The zero-order valence-corrected chi connectivity index (χ0v) is 12.4. The van der Waals surface area contributed by atoms with Gasteiger partial charge in [0.2, 0.25) is 0 Å². The van der Waals surface area contributed by atoms with E-state index in [1.54, 1.807) is 13.8 Å². The molecule has 0 aromatic carbocycles. The van der Waals surface area contributed by atoms with Gasteiger partial charge in [0.1, 0.15) is 0 Å². The lowest BCUT2D eigenvalue weighted by molar-refractivity contribution is -0.380. The minimum atomic E-state index is -1.19. The molecule has 1 amide bonds. The highest BCUT2D eigenvalue weighted by Crippen LogP contribution is 2.32. The molecule has 7 nitrogen and oxygen atoms in total. The number of nitrogens with zero attached hydrogens (tertiary/aromatic N) is 1. The van der Waals surface area contributed by atoms with Gasteiger partial charge in [0.25, 0.3) is 5.91 Å². The molecule has 1 rings (SSSR count). The van der Waals surface area contributed by atoms with Crippen LogP contribution >= 0.6 is 11.3 Å². The predicted octanol–water partition coefficient (Wildman–Crippen LogP) is 2.28. The molecule has 20 heavy (non-hydrogen) atoms. The molecule has 1 heterocycles. The summed E-state index contributed by atoms with van der Waals surface area (Å²) in [6, 6.07) is 2.59. The van der Waals surface area contributed by atoms with Crippen LogP contribution in [0.5, 0.6) is 0 Å². The van der Waals surface area contributed by atoms with Gasteiger partial charge in [-0.1, -0.05) is 11.3 Å². The van der Waals surface area contributed by atoms with Crippen LogP contribution in [0.4, 0.5) is 5.00 Å². The summed E-state index contributed by atoms with van der Waals surface area (Å²) in [6.45, 7) is 6.21. The van der Waals surface area contributed by atoms with Crippen molar-refractivity contribution in [1.29, 1.82) is 0 Å². The van der Waals surface area contributed by atoms with Crippen molar-refractivity contribution in [2.45, 2.75) is 33.2 Å². The summed E-state index contributed by atoms with van der Waals surface area (Å²) >= 11 is 0.750. The van der Waals surface area contributed by atoms with Crippen molar-refractivity contribution in [3.8, 4) is 0 Å². The number of amides is 1. The highest BCUT2D eigenvalue weighted by molar-refractivity contribution is 7.17. The van der Waals surface area contributed by atoms with E-state index in [-0.39, 0.29) is 9.88 Å². The first-order valence-corrected chi connectivity index (χ1v) is 6.61. The van der Waals surface area contributed by atoms with Crippen LogP contribution in [0.15, 0.2) is 12.1 Å². The fourth-order valence-electron chi connectivity index (χ4n) is 1.32. The molecule has 2 N–H and O–H groups in total. The molecular weight excluding hydrogens is 284 g/mol. The van der Waals surface area contributed by atoms with Crippen LogP contribution in [0, 0.1) is 15.5 Å². The van der Waals surface area contributed by atoms with E-state index in [2.05, 4.69) is 5.32 Å². The first kappa shape index (κ1) is 16.1. The summed E-state index contributed by atoms with van der Waals surface area (Å²) in [7, 11) is 0. The molecule has 0 bridgehead atoms. The number of carboxylic acids is 1. The molecular formula is C12H16N2O5S. The van der Waals surface area contributed by atoms with Crippen molar-refractivity contribution in [2.24, 2.45) is 5.41 Å². The monoisotopic (exact) mass is 300 g/mol. The maximum Gasteiger partial charge on any atom is 0.324 e. The fourth-order valence-corrected chi connectivity index (χ4v) is 2.03. The summed E-state index contributed by atoms with van der Waals surface area (Å²) < 4.78 is 0. The Hall–Kier alpha value is -1.96. The average Bonchev–Trinajstić information content (AvgIpc) is 2.77. The smallest absolute Gasteiger partial charge is 0.324 e. The molecule has 8 heteroatoms. The van der Waals surface area contributed by atoms with Crippen LogP contribution in [-0.2, 0) is 4.79 Å². The van der Waals surface area contributed by atoms with E-state index >= 15 is 0 Å². The van der Waals surface area contributed by atoms with Gasteiger partial charge in [-0.3, -0.25) is 19.7 Å². The third-order valence-corrected chi connectivity index (χ3v) is 4.55. The first-order valence-electron chi connectivity index (χ1n) is 5.79. The molecule has 0 saturated heterocycles. The van der Waals surface area contributed by atoms with E-state index in [1.807, 2.05) is 0 Å². The molecule has 1 aromatic rings. The van der Waals surface area contributed by atoms with Gasteiger partial charge >= 0.3 is 11.0 Å². The van der Waals surface area contributed by atoms with Gasteiger partial charge in [-0.25, -0.2) is 0 Å². The molecule has 0 aliphatic carbocycles. The van der Waals surface area contributed by atoms with E-state index in [9.17, 15) is 24.8 Å². The lowest BCUT2D eigenvalue weighted by atomic mass is 9.74. The van der Waals surface area contributed by atoms with Crippen LogP contribution in [0.25, 0.3) is 0 Å². The second kappa shape index (κ2) is 5.20. The van der Waals surface area contributed by atoms with Crippen LogP contribution in [0.2, 0.25) is 0 Å². The largest absolute Gasteiger partial charge is 0.481 e. The summed E-state index contributed by atoms with van der Waals surface area (Å²) in [4.78, 5) is 33.5. The minimum absolute atomic E-state index is 0.134. The molecule has 0 spiro atoms. The number of carboxylic acid groups (broad SMARTS) is 1. The van der Waals surface area contributed by atoms with E-state index < -0.39 is 27.8 Å². The van der Waals surface area contributed by atoms with Crippen LogP contribution < -0.4 is 5.32 Å². The number of carbonyl (C=O) groups is 2. The second-order valence-corrected chi connectivity index (χ2v) is 6.47. The number of nitrogens with one attached hydrogen (secondary N) is 1. The van der Waals surface area contributed by atoms with Gasteiger partial charge in [0.15, 0.2) is 0 Å². The van der Waals surface area contributed by atoms with Crippen LogP contribution in [-0.4, -0.2) is 27.4 Å². The van der Waals surface area contributed by atoms with Crippen molar-refractivity contribution in [3.63, 3.8) is 0 Å². The van der Waals surface area contributed by atoms with Gasteiger partial charge in [-0.2, -0.15) is 0 Å². The molecule has 110 valence electrons. The standard InChI is InChI=1S/C12H16N2O5S/c1-11(2,10(16)17)12(3,4)13-9(15)7-5-6-8(20-7)14(18)19/h5-6H,1-4H3,(H,13,15)(H,16,17). The molecule has 0 fully saturated rings. The Bertz CT molecular complexity index is 562. The van der Waals surface area contributed by atoms with E-state index in [0.717, 1.165) is 11.3 Å². The van der Waals surface area contributed by atoms with Gasteiger partial charge < -0.3 is 10.4 Å². The molecule has 0 saturated carbocycles. The Morgan fingerprint density at radius 2 is 1.85 bits per heavy atom. The summed E-state index contributed by atoms with van der Waals surface area (Å²) in [6.07, 6.45) is 0. The molecule has 0 unspecified atom stereocenters. The normalized spacial score (nSPS) is 12.0. The third-order valence-electron chi connectivity index (χ3n) is 3.52. The maximum atomic E-state index is 12.0. The van der Waals surface area contributed by atoms with Crippen LogP contribution in [0.3, 0.4) is 0 Å².